The number of aliphatic hydroxyl groups is 2. The van der Waals surface area contributed by atoms with Gasteiger partial charge in [-0.3, -0.25) is 15.2 Å². The van der Waals surface area contributed by atoms with Gasteiger partial charge < -0.3 is 19.8 Å². The first-order valence-electron chi connectivity index (χ1n) is 11.2. The number of ether oxygens (including phenoxy) is 1. The largest absolute Gasteiger partial charge is 0.475 e. The number of carbonyl (C=O) groups excluding carboxylic acids is 1. The summed E-state index contributed by atoms with van der Waals surface area (Å²) in [5.74, 6) is 1.19. The van der Waals surface area contributed by atoms with Crippen molar-refractivity contribution in [2.24, 2.45) is 0 Å². The highest BCUT2D eigenvalue weighted by molar-refractivity contribution is 6.04. The Hall–Kier alpha value is -3.76. The number of urea groups is 1. The number of aliphatic hydroxyl groups excluding tert-OH is 2. The molecule has 0 aliphatic carbocycles. The quantitative estimate of drug-likeness (QED) is 0.509. The number of carbonyl (C=O) groups is 1. The Kier molecular flexibility index (Phi) is 5.99. The summed E-state index contributed by atoms with van der Waals surface area (Å²) in [5, 5.41) is 21.3. The van der Waals surface area contributed by atoms with Gasteiger partial charge in [0.05, 0.1) is 24.0 Å². The summed E-state index contributed by atoms with van der Waals surface area (Å²) < 4.78 is 5.40. The molecule has 10 heteroatoms. The number of pyridine rings is 3. The molecule has 3 aromatic rings. The van der Waals surface area contributed by atoms with Crippen molar-refractivity contribution in [3.63, 3.8) is 0 Å². The van der Waals surface area contributed by atoms with Gasteiger partial charge in [0.2, 0.25) is 5.88 Å². The highest BCUT2D eigenvalue weighted by Gasteiger charge is 2.40. The summed E-state index contributed by atoms with van der Waals surface area (Å²) in [6.07, 6.45) is 1.60. The minimum atomic E-state index is -1.00. The summed E-state index contributed by atoms with van der Waals surface area (Å²) in [5.41, 5.74) is 3.55. The fourth-order valence-electron chi connectivity index (χ4n) is 4.31. The van der Waals surface area contributed by atoms with E-state index in [1.165, 1.54) is 0 Å². The van der Waals surface area contributed by atoms with Gasteiger partial charge >= 0.3 is 6.03 Å². The van der Waals surface area contributed by atoms with Gasteiger partial charge in [-0.15, -0.1) is 0 Å². The summed E-state index contributed by atoms with van der Waals surface area (Å²) in [6.45, 7) is 3.05. The zero-order valence-corrected chi connectivity index (χ0v) is 18.8. The van der Waals surface area contributed by atoms with E-state index in [0.29, 0.717) is 11.6 Å². The molecule has 10 nitrogen and oxygen atoms in total. The average molecular weight is 463 g/mol. The number of hydrogen-bond donors (Lipinski definition) is 3. The first-order chi connectivity index (χ1) is 16.5. The normalized spacial score (nSPS) is 17.3. The summed E-state index contributed by atoms with van der Waals surface area (Å²) in [7, 11) is 0. The van der Waals surface area contributed by atoms with Crippen molar-refractivity contribution in [1.29, 1.82) is 0 Å². The standard InChI is InChI=1S/C24H26N6O4/c1-15-11-16(7-9-25-15)19-5-6-20-23(26-19)30(17-8-10-29(20)12-17)24(33)28-21-3-2-4-22(27-21)34-14-18(32)13-31/h2-7,9,11,17-18,31-32H,8,10,12-14H2,1H3,(H,27,28,33)/t17-,18-/m0/s1. The van der Waals surface area contributed by atoms with Crippen LogP contribution < -0.4 is 19.9 Å². The maximum absolute atomic E-state index is 13.4. The molecule has 2 aliphatic rings. The molecule has 3 aromatic heterocycles. The minimum Gasteiger partial charge on any atom is -0.475 e. The Bertz CT molecular complexity index is 1210. The van der Waals surface area contributed by atoms with Crippen molar-refractivity contribution in [3.8, 4) is 17.1 Å². The predicted octanol–water partition coefficient (Wildman–Crippen LogP) is 2.21. The molecule has 1 fully saturated rings. The van der Waals surface area contributed by atoms with Crippen LogP contribution in [-0.4, -0.2) is 69.6 Å². The Morgan fingerprint density at radius 2 is 2.15 bits per heavy atom. The maximum atomic E-state index is 13.4. The fourth-order valence-corrected chi connectivity index (χ4v) is 4.31. The van der Waals surface area contributed by atoms with Crippen molar-refractivity contribution in [2.75, 3.05) is 41.4 Å². The van der Waals surface area contributed by atoms with Crippen molar-refractivity contribution in [3.05, 3.63) is 54.4 Å². The van der Waals surface area contributed by atoms with Gasteiger partial charge in [-0.25, -0.2) is 9.78 Å². The monoisotopic (exact) mass is 462 g/mol. The molecule has 1 saturated heterocycles. The molecule has 5 heterocycles. The summed E-state index contributed by atoms with van der Waals surface area (Å²) in [4.78, 5) is 30.9. The van der Waals surface area contributed by atoms with E-state index in [1.54, 1.807) is 29.3 Å². The van der Waals surface area contributed by atoms with E-state index in [0.717, 1.165) is 42.1 Å². The number of aryl methyl sites for hydroxylation is 1. The lowest BCUT2D eigenvalue weighted by Crippen LogP contribution is -2.48. The number of nitrogens with one attached hydrogen (secondary N) is 1. The van der Waals surface area contributed by atoms with Crippen LogP contribution in [0.3, 0.4) is 0 Å². The zero-order valence-electron chi connectivity index (χ0n) is 18.8. The molecule has 2 amide bonds. The van der Waals surface area contributed by atoms with Gasteiger partial charge in [0.15, 0.2) is 5.82 Å². The van der Waals surface area contributed by atoms with Gasteiger partial charge in [-0.05, 0) is 43.7 Å². The number of hydrogen-bond acceptors (Lipinski definition) is 8. The smallest absolute Gasteiger partial charge is 0.329 e. The molecule has 2 bridgehead atoms. The van der Waals surface area contributed by atoms with Gasteiger partial charge in [-0.1, -0.05) is 6.07 Å². The molecule has 0 radical (unpaired) electrons. The third kappa shape index (κ3) is 4.37. The van der Waals surface area contributed by atoms with Crippen LogP contribution in [0.5, 0.6) is 5.88 Å². The average Bonchev–Trinajstić information content (AvgIpc) is 3.26. The number of rotatable bonds is 6. The topological polar surface area (TPSA) is 124 Å². The van der Waals surface area contributed by atoms with Crippen molar-refractivity contribution >= 4 is 23.4 Å². The number of nitrogens with zero attached hydrogens (tertiary/aromatic N) is 5. The van der Waals surface area contributed by atoms with E-state index < -0.39 is 12.7 Å². The molecular formula is C24H26N6O4. The second-order valence-corrected chi connectivity index (χ2v) is 8.42. The zero-order chi connectivity index (χ0) is 23.7. The fraction of sp³-hybridized carbons (Fsp3) is 0.333. The Labute approximate surface area is 196 Å². The molecule has 0 saturated carbocycles. The van der Waals surface area contributed by atoms with E-state index in [4.69, 9.17) is 14.8 Å². The van der Waals surface area contributed by atoms with Gasteiger partial charge in [0, 0.05) is 36.6 Å². The van der Waals surface area contributed by atoms with Crippen molar-refractivity contribution in [1.82, 2.24) is 15.0 Å². The van der Waals surface area contributed by atoms with Crippen LogP contribution in [0, 0.1) is 6.92 Å². The van der Waals surface area contributed by atoms with Crippen molar-refractivity contribution in [2.45, 2.75) is 25.5 Å². The lowest BCUT2D eigenvalue weighted by Gasteiger charge is -2.35. The van der Waals surface area contributed by atoms with Crippen LogP contribution in [0.1, 0.15) is 12.1 Å². The van der Waals surface area contributed by atoms with Crippen LogP contribution in [0.2, 0.25) is 0 Å². The summed E-state index contributed by atoms with van der Waals surface area (Å²) >= 11 is 0. The van der Waals surface area contributed by atoms with E-state index in [2.05, 4.69) is 20.2 Å². The van der Waals surface area contributed by atoms with Crippen LogP contribution in [0.25, 0.3) is 11.3 Å². The van der Waals surface area contributed by atoms with E-state index >= 15 is 0 Å². The van der Waals surface area contributed by atoms with Crippen LogP contribution >= 0.6 is 0 Å². The summed E-state index contributed by atoms with van der Waals surface area (Å²) in [6, 6.07) is 12.6. The Balaban J connectivity index is 1.41. The molecular weight excluding hydrogens is 436 g/mol. The van der Waals surface area contributed by atoms with Crippen LogP contribution in [0.15, 0.2) is 48.7 Å². The highest BCUT2D eigenvalue weighted by atomic mass is 16.5. The first-order valence-corrected chi connectivity index (χ1v) is 11.2. The second-order valence-electron chi connectivity index (χ2n) is 8.42. The molecule has 0 aromatic carbocycles. The highest BCUT2D eigenvalue weighted by Crippen LogP contribution is 2.40. The molecule has 3 N–H and O–H groups in total. The van der Waals surface area contributed by atoms with E-state index in [1.807, 2.05) is 31.2 Å². The van der Waals surface area contributed by atoms with Gasteiger partial charge in [0.1, 0.15) is 18.5 Å². The molecule has 2 atom stereocenters. The molecule has 34 heavy (non-hydrogen) atoms. The number of aromatic nitrogens is 3. The maximum Gasteiger partial charge on any atom is 0.329 e. The Morgan fingerprint density at radius 3 is 2.97 bits per heavy atom. The molecule has 5 rings (SSSR count). The van der Waals surface area contributed by atoms with Crippen molar-refractivity contribution < 1.29 is 19.7 Å². The van der Waals surface area contributed by atoms with Gasteiger partial charge in [0.25, 0.3) is 0 Å². The first kappa shape index (κ1) is 22.1. The molecule has 0 unspecified atom stereocenters. The predicted molar refractivity (Wildman–Crippen MR) is 127 cm³/mol. The lowest BCUT2D eigenvalue weighted by atomic mass is 10.1. The third-order valence-electron chi connectivity index (χ3n) is 5.96. The van der Waals surface area contributed by atoms with Crippen LogP contribution in [-0.2, 0) is 0 Å². The van der Waals surface area contributed by atoms with Crippen LogP contribution in [0.4, 0.5) is 22.1 Å². The second kappa shape index (κ2) is 9.24. The lowest BCUT2D eigenvalue weighted by molar-refractivity contribution is 0.0521. The number of fused-ring (bicyclic) bond motifs is 4. The minimum absolute atomic E-state index is 0.00793. The third-order valence-corrected chi connectivity index (χ3v) is 5.96. The SMILES string of the molecule is Cc1cc(-c2ccc3c(n2)N(C(=O)Nc2cccc(OC[C@@H](O)CO)n2)[C@H]2CCN3C2)ccn1. The molecule has 2 aliphatic heterocycles. The van der Waals surface area contributed by atoms with E-state index in [-0.39, 0.29) is 24.6 Å². The number of amides is 2. The van der Waals surface area contributed by atoms with E-state index in [9.17, 15) is 9.90 Å². The van der Waals surface area contributed by atoms with Gasteiger partial charge in [-0.2, -0.15) is 4.98 Å². The Morgan fingerprint density at radius 1 is 1.26 bits per heavy atom. The molecule has 0 spiro atoms. The molecule has 176 valence electrons. The number of anilines is 3.